The predicted molar refractivity (Wildman–Crippen MR) is 49.2 cm³/mol. The first-order chi connectivity index (χ1) is 6.02. The number of hydrogen-bond donors (Lipinski definition) is 0. The van der Waals surface area contributed by atoms with Crippen LogP contribution in [0.4, 0.5) is 8.78 Å². The second-order valence-electron chi connectivity index (χ2n) is 2.77. The van der Waals surface area contributed by atoms with Crippen LogP contribution in [-0.4, -0.2) is 30.0 Å². The third kappa shape index (κ3) is 9.60. The first-order valence-electron chi connectivity index (χ1n) is 4.07. The van der Waals surface area contributed by atoms with Gasteiger partial charge in [0.25, 0.3) is 0 Å². The van der Waals surface area contributed by atoms with E-state index in [2.05, 4.69) is 0 Å². The van der Waals surface area contributed by atoms with E-state index in [0.29, 0.717) is 5.75 Å². The summed E-state index contributed by atoms with van der Waals surface area (Å²) < 4.78 is 28.1. The van der Waals surface area contributed by atoms with Crippen LogP contribution in [0.3, 0.4) is 0 Å². The van der Waals surface area contributed by atoms with Crippen LogP contribution in [0.25, 0.3) is 0 Å². The van der Waals surface area contributed by atoms with Gasteiger partial charge in [-0.25, -0.2) is 8.78 Å². The topological polar surface area (TPSA) is 26.3 Å². The van der Waals surface area contributed by atoms with Crippen LogP contribution in [0, 0.1) is 0 Å². The molecule has 5 heteroatoms. The molecule has 0 bridgehead atoms. The van der Waals surface area contributed by atoms with E-state index in [4.69, 9.17) is 4.74 Å². The molecule has 0 aromatic rings. The molecular weight excluding hydrogens is 198 g/mol. The molecule has 0 unspecified atom stereocenters. The monoisotopic (exact) mass is 212 g/mol. The zero-order valence-corrected chi connectivity index (χ0v) is 8.57. The number of thioether (sulfide) groups is 1. The number of alkyl halides is 2. The smallest absolute Gasteiger partial charge is 0.316 e. The molecule has 0 aliphatic heterocycles. The minimum absolute atomic E-state index is 0.136. The maximum Gasteiger partial charge on any atom is 0.316 e. The summed E-state index contributed by atoms with van der Waals surface area (Å²) in [6, 6.07) is 0. The number of rotatable bonds is 6. The van der Waals surface area contributed by atoms with Gasteiger partial charge in [0.2, 0.25) is 6.43 Å². The van der Waals surface area contributed by atoms with Crippen molar-refractivity contribution in [3.8, 4) is 0 Å². The van der Waals surface area contributed by atoms with Crippen molar-refractivity contribution < 1.29 is 18.3 Å². The maximum absolute atomic E-state index is 11.6. The summed E-state index contributed by atoms with van der Waals surface area (Å²) in [5, 5.41) is 0. The first kappa shape index (κ1) is 12.7. The van der Waals surface area contributed by atoms with E-state index >= 15 is 0 Å². The van der Waals surface area contributed by atoms with E-state index in [0.717, 1.165) is 0 Å². The average Bonchev–Trinajstić information content (AvgIpc) is 1.96. The summed E-state index contributed by atoms with van der Waals surface area (Å²) in [6.45, 7) is 3.50. The van der Waals surface area contributed by atoms with Crippen LogP contribution in [0.2, 0.25) is 0 Å². The second kappa shape index (κ2) is 7.12. The molecule has 0 aromatic carbocycles. The highest BCUT2D eigenvalue weighted by Crippen LogP contribution is 2.08. The Balaban J connectivity index is 3.27. The van der Waals surface area contributed by atoms with E-state index in [-0.39, 0.29) is 24.2 Å². The van der Waals surface area contributed by atoms with Crippen LogP contribution < -0.4 is 0 Å². The predicted octanol–water partition coefficient (Wildman–Crippen LogP) is 2.33. The van der Waals surface area contributed by atoms with E-state index in [1.165, 1.54) is 11.8 Å². The normalized spacial score (nSPS) is 10.9. The largest absolute Gasteiger partial charge is 0.462 e. The van der Waals surface area contributed by atoms with E-state index in [1.54, 1.807) is 13.8 Å². The Morgan fingerprint density at radius 2 is 2.08 bits per heavy atom. The Labute approximate surface area is 81.0 Å². The van der Waals surface area contributed by atoms with Crippen molar-refractivity contribution in [1.29, 1.82) is 0 Å². The van der Waals surface area contributed by atoms with Crippen LogP contribution in [0.15, 0.2) is 0 Å². The fraction of sp³-hybridized carbons (Fsp3) is 0.875. The highest BCUT2D eigenvalue weighted by Gasteiger charge is 2.06. The van der Waals surface area contributed by atoms with Crippen molar-refractivity contribution in [3.63, 3.8) is 0 Å². The molecule has 0 aliphatic carbocycles. The molecule has 2 nitrogen and oxygen atoms in total. The van der Waals surface area contributed by atoms with Gasteiger partial charge >= 0.3 is 5.97 Å². The fourth-order valence-corrected chi connectivity index (χ4v) is 1.35. The highest BCUT2D eigenvalue weighted by atomic mass is 32.2. The van der Waals surface area contributed by atoms with Gasteiger partial charge in [-0.05, 0) is 19.6 Å². The lowest BCUT2D eigenvalue weighted by Gasteiger charge is -2.06. The lowest BCUT2D eigenvalue weighted by molar-refractivity contribution is -0.144. The quantitative estimate of drug-likeness (QED) is 0.499. The molecule has 0 saturated heterocycles. The van der Waals surface area contributed by atoms with Crippen molar-refractivity contribution in [2.24, 2.45) is 0 Å². The number of hydrogen-bond acceptors (Lipinski definition) is 3. The summed E-state index contributed by atoms with van der Waals surface area (Å²) in [7, 11) is 0. The summed E-state index contributed by atoms with van der Waals surface area (Å²) in [5.41, 5.74) is 0. The van der Waals surface area contributed by atoms with Crippen LogP contribution in [0.5, 0.6) is 0 Å². The standard InChI is InChI=1S/C8H14F2O2S/c1-6(2)12-8(11)5-13-4-3-7(9)10/h6-7H,3-5H2,1-2H3. The molecule has 0 N–H and O–H groups in total. The average molecular weight is 212 g/mol. The van der Waals surface area contributed by atoms with Gasteiger partial charge in [-0.3, -0.25) is 4.79 Å². The summed E-state index contributed by atoms with van der Waals surface area (Å²) >= 11 is 1.18. The van der Waals surface area contributed by atoms with Gasteiger partial charge in [-0.1, -0.05) is 0 Å². The Kier molecular flexibility index (Phi) is 6.94. The number of esters is 1. The first-order valence-corrected chi connectivity index (χ1v) is 5.23. The third-order valence-corrected chi connectivity index (χ3v) is 2.03. The van der Waals surface area contributed by atoms with E-state index in [9.17, 15) is 13.6 Å². The van der Waals surface area contributed by atoms with Gasteiger partial charge in [0, 0.05) is 6.42 Å². The minimum atomic E-state index is -2.28. The van der Waals surface area contributed by atoms with Crippen molar-refractivity contribution in [2.75, 3.05) is 11.5 Å². The SMILES string of the molecule is CC(C)OC(=O)CSCCC(F)F. The molecule has 0 aliphatic rings. The summed E-state index contributed by atoms with van der Waals surface area (Å²) in [6.07, 6.45) is -2.59. The van der Waals surface area contributed by atoms with Crippen LogP contribution in [0.1, 0.15) is 20.3 Å². The van der Waals surface area contributed by atoms with Gasteiger partial charge in [-0.2, -0.15) is 0 Å². The maximum atomic E-state index is 11.6. The van der Waals surface area contributed by atoms with Crippen molar-refractivity contribution in [3.05, 3.63) is 0 Å². The third-order valence-electron chi connectivity index (χ3n) is 1.07. The summed E-state index contributed by atoms with van der Waals surface area (Å²) in [5.74, 6) is 0.115. The summed E-state index contributed by atoms with van der Waals surface area (Å²) in [4.78, 5) is 10.9. The fourth-order valence-electron chi connectivity index (χ4n) is 0.625. The number of carbonyl (C=O) groups is 1. The minimum Gasteiger partial charge on any atom is -0.462 e. The Morgan fingerprint density at radius 1 is 1.46 bits per heavy atom. The molecule has 0 radical (unpaired) electrons. The lowest BCUT2D eigenvalue weighted by Crippen LogP contribution is -2.13. The van der Waals surface area contributed by atoms with Gasteiger partial charge in [-0.15, -0.1) is 11.8 Å². The highest BCUT2D eigenvalue weighted by molar-refractivity contribution is 7.99. The second-order valence-corrected chi connectivity index (χ2v) is 3.88. The van der Waals surface area contributed by atoms with Gasteiger partial charge in [0.15, 0.2) is 0 Å². The zero-order chi connectivity index (χ0) is 10.3. The molecule has 0 rings (SSSR count). The molecular formula is C8H14F2O2S. The Bertz CT molecular complexity index is 151. The lowest BCUT2D eigenvalue weighted by atomic mass is 10.5. The van der Waals surface area contributed by atoms with Crippen molar-refractivity contribution in [2.45, 2.75) is 32.8 Å². The van der Waals surface area contributed by atoms with Gasteiger partial charge < -0.3 is 4.74 Å². The molecule has 0 saturated carbocycles. The molecule has 0 spiro atoms. The van der Waals surface area contributed by atoms with Crippen molar-refractivity contribution in [1.82, 2.24) is 0 Å². The number of ether oxygens (including phenoxy) is 1. The molecule has 78 valence electrons. The molecule has 0 fully saturated rings. The molecule has 0 amide bonds. The van der Waals surface area contributed by atoms with Crippen molar-refractivity contribution >= 4 is 17.7 Å². The molecule has 0 aromatic heterocycles. The number of carbonyl (C=O) groups excluding carboxylic acids is 1. The van der Waals surface area contributed by atoms with Crippen LogP contribution in [-0.2, 0) is 9.53 Å². The Morgan fingerprint density at radius 3 is 2.54 bits per heavy atom. The zero-order valence-electron chi connectivity index (χ0n) is 7.76. The van der Waals surface area contributed by atoms with Gasteiger partial charge in [0.05, 0.1) is 11.9 Å². The van der Waals surface area contributed by atoms with E-state index < -0.39 is 6.43 Å². The van der Waals surface area contributed by atoms with Crippen LogP contribution >= 0.6 is 11.8 Å². The molecule has 0 atom stereocenters. The Hall–Kier alpha value is -0.320. The van der Waals surface area contributed by atoms with Gasteiger partial charge in [0.1, 0.15) is 0 Å². The van der Waals surface area contributed by atoms with E-state index in [1.807, 2.05) is 0 Å². The molecule has 0 heterocycles. The molecule has 13 heavy (non-hydrogen) atoms. The number of halogens is 2.